The van der Waals surface area contributed by atoms with Crippen molar-refractivity contribution < 1.29 is 17.9 Å². The van der Waals surface area contributed by atoms with Gasteiger partial charge in [0, 0.05) is 6.61 Å². The maximum atomic E-state index is 11.7. The number of alkyl halides is 3. The average molecular weight is 241 g/mol. The molecule has 1 atom stereocenters. The van der Waals surface area contributed by atoms with Crippen molar-refractivity contribution in [3.8, 4) is 0 Å². The smallest absolute Gasteiger partial charge is 0.372 e. The summed E-state index contributed by atoms with van der Waals surface area (Å²) in [5, 5.41) is 3.10. The van der Waals surface area contributed by atoms with E-state index in [4.69, 9.17) is 0 Å². The molecule has 0 fully saturated rings. The molecule has 0 radical (unpaired) electrons. The summed E-state index contributed by atoms with van der Waals surface area (Å²) in [5.74, 6) is 0.546. The third kappa shape index (κ3) is 10.2. The number of rotatable bonds is 9. The molecular formula is C11H22F3NO. The Morgan fingerprint density at radius 1 is 1.25 bits per heavy atom. The fourth-order valence-corrected chi connectivity index (χ4v) is 1.71. The quantitative estimate of drug-likeness (QED) is 0.627. The summed E-state index contributed by atoms with van der Waals surface area (Å²) in [6, 6.07) is 0. The minimum absolute atomic E-state index is 0.198. The van der Waals surface area contributed by atoms with Gasteiger partial charge in [0.2, 0.25) is 0 Å². The van der Waals surface area contributed by atoms with Crippen molar-refractivity contribution in [3.05, 3.63) is 0 Å². The van der Waals surface area contributed by atoms with Crippen LogP contribution in [0.5, 0.6) is 0 Å². The molecule has 0 aliphatic rings. The molecule has 0 aliphatic heterocycles. The largest absolute Gasteiger partial charge is 0.411 e. The van der Waals surface area contributed by atoms with E-state index in [0.29, 0.717) is 12.3 Å². The minimum atomic E-state index is -4.20. The van der Waals surface area contributed by atoms with E-state index in [-0.39, 0.29) is 6.61 Å². The number of hydrogen-bond acceptors (Lipinski definition) is 2. The summed E-state index contributed by atoms with van der Waals surface area (Å²) in [4.78, 5) is 0. The average Bonchev–Trinajstić information content (AvgIpc) is 2.16. The molecule has 0 heterocycles. The lowest BCUT2D eigenvalue weighted by Gasteiger charge is -2.15. The Morgan fingerprint density at radius 3 is 2.44 bits per heavy atom. The second-order valence-corrected chi connectivity index (χ2v) is 4.02. The number of halogens is 3. The van der Waals surface area contributed by atoms with Crippen LogP contribution >= 0.6 is 0 Å². The molecule has 1 unspecified atom stereocenters. The van der Waals surface area contributed by atoms with Crippen LogP contribution in [0.15, 0.2) is 0 Å². The molecule has 0 aromatic carbocycles. The molecule has 2 nitrogen and oxygen atoms in total. The van der Waals surface area contributed by atoms with Crippen molar-refractivity contribution >= 4 is 0 Å². The second kappa shape index (κ2) is 8.82. The highest BCUT2D eigenvalue weighted by atomic mass is 19.4. The Morgan fingerprint density at radius 2 is 1.94 bits per heavy atom. The van der Waals surface area contributed by atoms with Crippen LogP contribution in [0.1, 0.15) is 32.6 Å². The Balaban J connectivity index is 3.46. The van der Waals surface area contributed by atoms with Crippen LogP contribution in [0.3, 0.4) is 0 Å². The lowest BCUT2D eigenvalue weighted by Crippen LogP contribution is -2.20. The van der Waals surface area contributed by atoms with Crippen molar-refractivity contribution in [1.29, 1.82) is 0 Å². The molecule has 0 saturated heterocycles. The molecule has 0 aromatic heterocycles. The molecule has 16 heavy (non-hydrogen) atoms. The van der Waals surface area contributed by atoms with Gasteiger partial charge in [0.25, 0.3) is 0 Å². The zero-order valence-corrected chi connectivity index (χ0v) is 10.1. The van der Waals surface area contributed by atoms with Gasteiger partial charge in [-0.2, -0.15) is 13.2 Å². The zero-order chi connectivity index (χ0) is 12.4. The van der Waals surface area contributed by atoms with Crippen LogP contribution < -0.4 is 5.32 Å². The molecule has 0 saturated carbocycles. The van der Waals surface area contributed by atoms with E-state index in [1.165, 1.54) is 0 Å². The fraction of sp³-hybridized carbons (Fsp3) is 1.00. The van der Waals surface area contributed by atoms with E-state index in [9.17, 15) is 13.2 Å². The molecular weight excluding hydrogens is 219 g/mol. The minimum Gasteiger partial charge on any atom is -0.372 e. The molecule has 0 aliphatic carbocycles. The van der Waals surface area contributed by atoms with E-state index in [2.05, 4.69) is 17.0 Å². The van der Waals surface area contributed by atoms with Gasteiger partial charge in [0.1, 0.15) is 6.61 Å². The van der Waals surface area contributed by atoms with Gasteiger partial charge in [0.05, 0.1) is 0 Å². The van der Waals surface area contributed by atoms with Gasteiger partial charge in [-0.1, -0.05) is 13.3 Å². The van der Waals surface area contributed by atoms with Crippen molar-refractivity contribution in [2.75, 3.05) is 26.8 Å². The topological polar surface area (TPSA) is 21.3 Å². The summed E-state index contributed by atoms with van der Waals surface area (Å²) >= 11 is 0. The SMILES string of the molecule is CCCC(CCCOCC(F)(F)F)CNC. The van der Waals surface area contributed by atoms with Crippen LogP contribution in [-0.4, -0.2) is 33.0 Å². The van der Waals surface area contributed by atoms with E-state index >= 15 is 0 Å². The number of nitrogens with one attached hydrogen (secondary N) is 1. The Labute approximate surface area is 95.5 Å². The van der Waals surface area contributed by atoms with Crippen LogP contribution in [0.25, 0.3) is 0 Å². The first-order valence-corrected chi connectivity index (χ1v) is 5.78. The van der Waals surface area contributed by atoms with Crippen LogP contribution in [0.2, 0.25) is 0 Å². The van der Waals surface area contributed by atoms with Gasteiger partial charge >= 0.3 is 6.18 Å². The summed E-state index contributed by atoms with van der Waals surface area (Å²) in [6.45, 7) is 2.11. The highest BCUT2D eigenvalue weighted by Crippen LogP contribution is 2.16. The van der Waals surface area contributed by atoms with Crippen molar-refractivity contribution in [2.24, 2.45) is 5.92 Å². The van der Waals surface area contributed by atoms with Gasteiger partial charge < -0.3 is 10.1 Å². The van der Waals surface area contributed by atoms with Gasteiger partial charge in [0.15, 0.2) is 0 Å². The molecule has 0 amide bonds. The first-order valence-electron chi connectivity index (χ1n) is 5.78. The molecule has 0 rings (SSSR count). The van der Waals surface area contributed by atoms with Gasteiger partial charge in [-0.3, -0.25) is 0 Å². The third-order valence-electron chi connectivity index (χ3n) is 2.36. The van der Waals surface area contributed by atoms with E-state index in [1.54, 1.807) is 0 Å². The summed E-state index contributed by atoms with van der Waals surface area (Å²) in [5.41, 5.74) is 0. The predicted octanol–water partition coefficient (Wildman–Crippen LogP) is 2.98. The molecule has 5 heteroatoms. The van der Waals surface area contributed by atoms with Crippen molar-refractivity contribution in [3.63, 3.8) is 0 Å². The lowest BCUT2D eigenvalue weighted by atomic mass is 9.98. The first kappa shape index (κ1) is 15.7. The standard InChI is InChI=1S/C11H22F3NO/c1-3-5-10(8-15-2)6-4-7-16-9-11(12,13)14/h10,15H,3-9H2,1-2H3. The number of hydrogen-bond donors (Lipinski definition) is 1. The maximum Gasteiger partial charge on any atom is 0.411 e. The maximum absolute atomic E-state index is 11.7. The van der Waals surface area contributed by atoms with Crippen LogP contribution in [0.4, 0.5) is 13.2 Å². The van der Waals surface area contributed by atoms with E-state index < -0.39 is 12.8 Å². The van der Waals surface area contributed by atoms with E-state index in [0.717, 1.165) is 25.8 Å². The predicted molar refractivity (Wildman–Crippen MR) is 58.4 cm³/mol. The third-order valence-corrected chi connectivity index (χ3v) is 2.36. The molecule has 98 valence electrons. The zero-order valence-electron chi connectivity index (χ0n) is 10.1. The summed E-state index contributed by atoms with van der Waals surface area (Å²) < 4.78 is 39.8. The lowest BCUT2D eigenvalue weighted by molar-refractivity contribution is -0.174. The summed E-state index contributed by atoms with van der Waals surface area (Å²) in [6.07, 6.45) is -0.362. The van der Waals surface area contributed by atoms with Crippen LogP contribution in [0, 0.1) is 5.92 Å². The Bertz CT molecular complexity index is 156. The van der Waals surface area contributed by atoms with Crippen molar-refractivity contribution in [1.82, 2.24) is 5.32 Å². The second-order valence-electron chi connectivity index (χ2n) is 4.02. The highest BCUT2D eigenvalue weighted by molar-refractivity contribution is 4.61. The molecule has 1 N–H and O–H groups in total. The fourth-order valence-electron chi connectivity index (χ4n) is 1.71. The van der Waals surface area contributed by atoms with Crippen LogP contribution in [-0.2, 0) is 4.74 Å². The first-order chi connectivity index (χ1) is 7.49. The number of ether oxygens (including phenoxy) is 1. The van der Waals surface area contributed by atoms with Gasteiger partial charge in [-0.05, 0) is 38.8 Å². The molecule has 0 spiro atoms. The van der Waals surface area contributed by atoms with Gasteiger partial charge in [-0.15, -0.1) is 0 Å². The molecule has 0 bridgehead atoms. The highest BCUT2D eigenvalue weighted by Gasteiger charge is 2.27. The van der Waals surface area contributed by atoms with Gasteiger partial charge in [-0.25, -0.2) is 0 Å². The summed E-state index contributed by atoms with van der Waals surface area (Å²) in [7, 11) is 1.89. The van der Waals surface area contributed by atoms with E-state index in [1.807, 2.05) is 7.05 Å². The Kier molecular flexibility index (Phi) is 8.66. The molecule has 0 aromatic rings. The Hall–Kier alpha value is -0.290. The monoisotopic (exact) mass is 241 g/mol. The van der Waals surface area contributed by atoms with Crippen molar-refractivity contribution in [2.45, 2.75) is 38.8 Å². The normalized spacial score (nSPS) is 14.1.